The number of benzene rings is 1. The van der Waals surface area contributed by atoms with Gasteiger partial charge in [0.05, 0.1) is 12.1 Å². The van der Waals surface area contributed by atoms with Crippen LogP contribution in [0.5, 0.6) is 0 Å². The van der Waals surface area contributed by atoms with Gasteiger partial charge in [-0.1, -0.05) is 0 Å². The van der Waals surface area contributed by atoms with E-state index in [1.165, 1.54) is 25.2 Å². The second-order valence-electron chi connectivity index (χ2n) is 4.02. The average Bonchev–Trinajstić information content (AvgIpc) is 2.35. The molecular formula is C13H10ClFN2O2. The number of hydrogen-bond acceptors (Lipinski definition) is 3. The Morgan fingerprint density at radius 2 is 2.00 bits per heavy atom. The minimum Gasteiger partial charge on any atom is -0.281 e. The number of aryl methyl sites for hydroxylation is 1. The molecule has 0 saturated heterocycles. The molecule has 0 aliphatic heterocycles. The molecule has 0 atom stereocenters. The van der Waals surface area contributed by atoms with Gasteiger partial charge in [-0.3, -0.25) is 9.59 Å². The van der Waals surface area contributed by atoms with E-state index in [-0.39, 0.29) is 23.4 Å². The lowest BCUT2D eigenvalue weighted by Crippen LogP contribution is -2.24. The smallest absolute Gasteiger partial charge is 0.270 e. The molecule has 0 amide bonds. The van der Waals surface area contributed by atoms with Gasteiger partial charge in [-0.2, -0.15) is 5.10 Å². The van der Waals surface area contributed by atoms with E-state index in [4.69, 9.17) is 11.6 Å². The Morgan fingerprint density at radius 1 is 1.37 bits per heavy atom. The van der Waals surface area contributed by atoms with Gasteiger partial charge in [-0.25, -0.2) is 9.07 Å². The highest BCUT2D eigenvalue weighted by atomic mass is 35.5. The first-order valence-corrected chi connectivity index (χ1v) is 5.86. The number of aromatic nitrogens is 2. The highest BCUT2D eigenvalue weighted by molar-refractivity contribution is 6.63. The van der Waals surface area contributed by atoms with Crippen LogP contribution in [0.4, 0.5) is 4.39 Å². The van der Waals surface area contributed by atoms with Crippen molar-refractivity contribution in [2.75, 3.05) is 0 Å². The Kier molecular flexibility index (Phi) is 3.76. The minimum absolute atomic E-state index is 0.162. The van der Waals surface area contributed by atoms with Gasteiger partial charge in [-0.05, 0) is 41.9 Å². The van der Waals surface area contributed by atoms with Crippen LogP contribution < -0.4 is 5.56 Å². The van der Waals surface area contributed by atoms with Crippen LogP contribution in [0.3, 0.4) is 0 Å². The van der Waals surface area contributed by atoms with Gasteiger partial charge in [0.15, 0.2) is 0 Å². The average molecular weight is 281 g/mol. The van der Waals surface area contributed by atoms with Gasteiger partial charge in [-0.15, -0.1) is 0 Å². The molecule has 2 rings (SSSR count). The molecule has 19 heavy (non-hydrogen) atoms. The number of halogens is 2. The highest BCUT2D eigenvalue weighted by Gasteiger charge is 2.10. The van der Waals surface area contributed by atoms with E-state index in [0.717, 1.165) is 4.68 Å². The van der Waals surface area contributed by atoms with Gasteiger partial charge in [0.25, 0.3) is 5.56 Å². The van der Waals surface area contributed by atoms with Crippen molar-refractivity contribution in [3.05, 3.63) is 52.1 Å². The van der Waals surface area contributed by atoms with Crippen molar-refractivity contribution in [3.8, 4) is 11.3 Å². The molecule has 0 aliphatic rings. The van der Waals surface area contributed by atoms with Crippen molar-refractivity contribution in [1.29, 1.82) is 0 Å². The van der Waals surface area contributed by atoms with Crippen LogP contribution >= 0.6 is 11.6 Å². The topological polar surface area (TPSA) is 52.0 Å². The molecular weight excluding hydrogens is 271 g/mol. The molecule has 0 radical (unpaired) electrons. The third-order valence-corrected chi connectivity index (χ3v) is 2.74. The first kappa shape index (κ1) is 13.4. The SMILES string of the molecule is Cn1nc(-c2ccc(F)cc2)cc(CC(=O)Cl)c1=O. The lowest BCUT2D eigenvalue weighted by atomic mass is 10.1. The second-order valence-corrected chi connectivity index (χ2v) is 4.44. The normalized spacial score (nSPS) is 10.5. The Balaban J connectivity index is 2.53. The number of carbonyl (C=O) groups is 1. The molecule has 0 bridgehead atoms. The fourth-order valence-electron chi connectivity index (χ4n) is 1.71. The molecule has 1 aromatic heterocycles. The summed E-state index contributed by atoms with van der Waals surface area (Å²) >= 11 is 5.30. The first-order valence-electron chi connectivity index (χ1n) is 5.49. The van der Waals surface area contributed by atoms with E-state index in [9.17, 15) is 14.0 Å². The molecule has 6 heteroatoms. The van der Waals surface area contributed by atoms with Crippen molar-refractivity contribution < 1.29 is 9.18 Å². The monoisotopic (exact) mass is 280 g/mol. The third kappa shape index (κ3) is 3.06. The Hall–Kier alpha value is -2.01. The van der Waals surface area contributed by atoms with E-state index in [0.29, 0.717) is 11.3 Å². The predicted octanol–water partition coefficient (Wildman–Crippen LogP) is 1.89. The van der Waals surface area contributed by atoms with Crippen LogP contribution in [0.2, 0.25) is 0 Å². The quantitative estimate of drug-likeness (QED) is 0.807. The van der Waals surface area contributed by atoms with Crippen molar-refractivity contribution in [2.45, 2.75) is 6.42 Å². The Morgan fingerprint density at radius 3 is 2.58 bits per heavy atom. The molecule has 0 N–H and O–H groups in total. The summed E-state index contributed by atoms with van der Waals surface area (Å²) in [5.74, 6) is -0.357. The van der Waals surface area contributed by atoms with E-state index in [1.54, 1.807) is 12.1 Å². The van der Waals surface area contributed by atoms with Gasteiger partial charge in [0, 0.05) is 18.2 Å². The van der Waals surface area contributed by atoms with E-state index < -0.39 is 5.24 Å². The Labute approximate surface area is 113 Å². The number of carbonyl (C=O) groups excluding carboxylic acids is 1. The maximum atomic E-state index is 12.9. The maximum absolute atomic E-state index is 12.9. The maximum Gasteiger partial charge on any atom is 0.270 e. The summed E-state index contributed by atoms with van der Waals surface area (Å²) in [6.07, 6.45) is -0.162. The zero-order chi connectivity index (χ0) is 14.0. The summed E-state index contributed by atoms with van der Waals surface area (Å²) in [6, 6.07) is 7.20. The Bertz CT molecular complexity index is 680. The standard InChI is InChI=1S/C13H10ClFN2O2/c1-17-13(19)9(7-12(14)18)6-11(16-17)8-2-4-10(15)5-3-8/h2-6H,7H2,1H3. The third-order valence-electron chi connectivity index (χ3n) is 2.61. The van der Waals surface area contributed by atoms with E-state index in [1.807, 2.05) is 0 Å². The largest absolute Gasteiger partial charge is 0.281 e. The van der Waals surface area contributed by atoms with Gasteiger partial charge >= 0.3 is 0 Å². The molecule has 0 saturated carbocycles. The summed E-state index contributed by atoms with van der Waals surface area (Å²) in [5.41, 5.74) is 1.02. The summed E-state index contributed by atoms with van der Waals surface area (Å²) in [6.45, 7) is 0. The molecule has 2 aromatic rings. The van der Waals surface area contributed by atoms with Crippen molar-refractivity contribution in [1.82, 2.24) is 9.78 Å². The number of nitrogens with zero attached hydrogens (tertiary/aromatic N) is 2. The zero-order valence-corrected chi connectivity index (χ0v) is 10.8. The molecule has 1 heterocycles. The van der Waals surface area contributed by atoms with Crippen LogP contribution in [0.15, 0.2) is 35.1 Å². The number of hydrogen-bond donors (Lipinski definition) is 0. The van der Waals surface area contributed by atoms with E-state index in [2.05, 4.69) is 5.10 Å². The van der Waals surface area contributed by atoms with E-state index >= 15 is 0 Å². The van der Waals surface area contributed by atoms with Crippen LogP contribution in [-0.2, 0) is 18.3 Å². The van der Waals surface area contributed by atoms with Crippen LogP contribution in [-0.4, -0.2) is 15.0 Å². The van der Waals surface area contributed by atoms with Gasteiger partial charge < -0.3 is 0 Å². The molecule has 0 fully saturated rings. The van der Waals surface area contributed by atoms with Crippen molar-refractivity contribution in [2.24, 2.45) is 7.05 Å². The van der Waals surface area contributed by atoms with Crippen molar-refractivity contribution in [3.63, 3.8) is 0 Å². The number of rotatable bonds is 3. The molecule has 1 aromatic carbocycles. The van der Waals surface area contributed by atoms with Crippen LogP contribution in [0.1, 0.15) is 5.56 Å². The molecule has 0 aliphatic carbocycles. The molecule has 0 unspecified atom stereocenters. The summed E-state index contributed by atoms with van der Waals surface area (Å²) in [4.78, 5) is 22.7. The lowest BCUT2D eigenvalue weighted by molar-refractivity contribution is -0.111. The minimum atomic E-state index is -0.617. The van der Waals surface area contributed by atoms with Crippen molar-refractivity contribution >= 4 is 16.8 Å². The molecule has 0 spiro atoms. The summed E-state index contributed by atoms with van der Waals surface area (Å²) in [5, 5.41) is 3.45. The van der Waals surface area contributed by atoms with Gasteiger partial charge in [0.2, 0.25) is 5.24 Å². The van der Waals surface area contributed by atoms with Crippen LogP contribution in [0.25, 0.3) is 11.3 Å². The van der Waals surface area contributed by atoms with Crippen LogP contribution in [0, 0.1) is 5.82 Å². The zero-order valence-electron chi connectivity index (χ0n) is 10.1. The summed E-state index contributed by atoms with van der Waals surface area (Å²) < 4.78 is 14.0. The highest BCUT2D eigenvalue weighted by Crippen LogP contribution is 2.17. The molecule has 4 nitrogen and oxygen atoms in total. The fourth-order valence-corrected chi connectivity index (χ4v) is 1.85. The summed E-state index contributed by atoms with van der Waals surface area (Å²) in [7, 11) is 1.48. The first-order chi connectivity index (χ1) is 8.97. The lowest BCUT2D eigenvalue weighted by Gasteiger charge is -2.06. The molecule has 98 valence electrons. The predicted molar refractivity (Wildman–Crippen MR) is 69.4 cm³/mol. The second kappa shape index (κ2) is 5.32. The fraction of sp³-hybridized carbons (Fsp3) is 0.154. The van der Waals surface area contributed by atoms with Gasteiger partial charge in [0.1, 0.15) is 5.82 Å².